The molecule has 21 heavy (non-hydrogen) atoms. The van der Waals surface area contributed by atoms with Gasteiger partial charge >= 0.3 is 0 Å². The van der Waals surface area contributed by atoms with Crippen molar-refractivity contribution in [3.8, 4) is 0 Å². The van der Waals surface area contributed by atoms with Crippen LogP contribution < -0.4 is 11.1 Å². The van der Waals surface area contributed by atoms with Gasteiger partial charge in [-0.05, 0) is 30.7 Å². The van der Waals surface area contributed by atoms with Gasteiger partial charge in [-0.2, -0.15) is 0 Å². The van der Waals surface area contributed by atoms with Gasteiger partial charge in [-0.1, -0.05) is 0 Å². The number of benzene rings is 1. The minimum Gasteiger partial charge on any atom is -0.379 e. The zero-order valence-electron chi connectivity index (χ0n) is 11.4. The number of halogens is 1. The third kappa shape index (κ3) is 4.51. The molecule has 0 bridgehead atoms. The summed E-state index contributed by atoms with van der Waals surface area (Å²) in [5.74, 6) is -1.32. The van der Waals surface area contributed by atoms with E-state index in [0.717, 1.165) is 0 Å². The summed E-state index contributed by atoms with van der Waals surface area (Å²) in [6.45, 7) is 0.580. The molecule has 7 heteroatoms. The first-order valence-corrected chi connectivity index (χ1v) is 6.60. The Kier molecular flexibility index (Phi) is 5.24. The highest BCUT2D eigenvalue weighted by atomic mass is 19.1. The molecular formula is C14H17FN2O4. The highest BCUT2D eigenvalue weighted by Crippen LogP contribution is 2.13. The lowest BCUT2D eigenvalue weighted by atomic mass is 10.1. The molecule has 0 unspecified atom stereocenters. The average molecular weight is 296 g/mol. The van der Waals surface area contributed by atoms with Crippen molar-refractivity contribution in [1.82, 2.24) is 5.32 Å². The molecule has 3 N–H and O–H groups in total. The van der Waals surface area contributed by atoms with Gasteiger partial charge in [-0.15, -0.1) is 0 Å². The molecule has 1 aromatic carbocycles. The fourth-order valence-electron chi connectivity index (χ4n) is 2.09. The molecule has 0 saturated carbocycles. The van der Waals surface area contributed by atoms with Crippen LogP contribution in [0.15, 0.2) is 24.3 Å². The van der Waals surface area contributed by atoms with E-state index in [-0.39, 0.29) is 31.3 Å². The van der Waals surface area contributed by atoms with Crippen LogP contribution in [-0.2, 0) is 14.3 Å². The van der Waals surface area contributed by atoms with Crippen molar-refractivity contribution in [2.45, 2.75) is 18.6 Å². The summed E-state index contributed by atoms with van der Waals surface area (Å²) in [4.78, 5) is 22.8. The standard InChI is InChI=1S/C14H17FN2O4/c15-10-3-1-9(2-4-10)14(19)17-11-7-20-6-5-12(11)21-8-13(16)18/h1-4,11-12H,5-8H2,(H2,16,18)(H,17,19)/t11-,12+/m0/s1. The van der Waals surface area contributed by atoms with Gasteiger partial charge in [0, 0.05) is 12.2 Å². The number of carbonyl (C=O) groups excluding carboxylic acids is 2. The van der Waals surface area contributed by atoms with Gasteiger partial charge in [-0.3, -0.25) is 9.59 Å². The Morgan fingerprint density at radius 2 is 2.10 bits per heavy atom. The van der Waals surface area contributed by atoms with Crippen LogP contribution in [0.1, 0.15) is 16.8 Å². The third-order valence-electron chi connectivity index (χ3n) is 3.16. The molecule has 2 amide bonds. The predicted molar refractivity (Wildman–Crippen MR) is 72.0 cm³/mol. The number of amides is 2. The Balaban J connectivity index is 1.96. The topological polar surface area (TPSA) is 90.7 Å². The SMILES string of the molecule is NC(=O)CO[C@@H]1CCOC[C@@H]1NC(=O)c1ccc(F)cc1. The molecular weight excluding hydrogens is 279 g/mol. The van der Waals surface area contributed by atoms with Crippen molar-refractivity contribution >= 4 is 11.8 Å². The summed E-state index contributed by atoms with van der Waals surface area (Å²) >= 11 is 0. The van der Waals surface area contributed by atoms with Crippen LogP contribution in [0, 0.1) is 5.82 Å². The minimum absolute atomic E-state index is 0.201. The molecule has 0 aliphatic carbocycles. The molecule has 1 aliphatic rings. The average Bonchev–Trinajstić information content (AvgIpc) is 2.47. The van der Waals surface area contributed by atoms with Gasteiger partial charge in [0.1, 0.15) is 12.4 Å². The van der Waals surface area contributed by atoms with Gasteiger partial charge in [0.2, 0.25) is 5.91 Å². The lowest BCUT2D eigenvalue weighted by molar-refractivity contribution is -0.128. The van der Waals surface area contributed by atoms with Gasteiger partial charge in [0.15, 0.2) is 0 Å². The number of carbonyl (C=O) groups is 2. The van der Waals surface area contributed by atoms with Crippen LogP contribution in [0.5, 0.6) is 0 Å². The van der Waals surface area contributed by atoms with Crippen molar-refractivity contribution in [2.24, 2.45) is 5.73 Å². The van der Waals surface area contributed by atoms with Crippen LogP contribution in [0.3, 0.4) is 0 Å². The Bertz CT molecular complexity index is 506. The Labute approximate surface area is 121 Å². The second-order valence-corrected chi connectivity index (χ2v) is 4.77. The van der Waals surface area contributed by atoms with E-state index in [2.05, 4.69) is 5.32 Å². The van der Waals surface area contributed by atoms with E-state index in [0.29, 0.717) is 18.6 Å². The maximum Gasteiger partial charge on any atom is 0.251 e. The lowest BCUT2D eigenvalue weighted by Gasteiger charge is -2.31. The molecule has 1 saturated heterocycles. The molecule has 1 heterocycles. The Morgan fingerprint density at radius 1 is 1.38 bits per heavy atom. The highest BCUT2D eigenvalue weighted by Gasteiger charge is 2.28. The summed E-state index contributed by atoms with van der Waals surface area (Å²) in [7, 11) is 0. The summed E-state index contributed by atoms with van der Waals surface area (Å²) in [5.41, 5.74) is 5.39. The molecule has 0 aromatic heterocycles. The number of hydrogen-bond donors (Lipinski definition) is 2. The molecule has 0 spiro atoms. The first-order valence-electron chi connectivity index (χ1n) is 6.60. The zero-order chi connectivity index (χ0) is 15.2. The van der Waals surface area contributed by atoms with Crippen molar-refractivity contribution in [3.63, 3.8) is 0 Å². The van der Waals surface area contributed by atoms with Crippen molar-refractivity contribution in [3.05, 3.63) is 35.6 Å². The zero-order valence-corrected chi connectivity index (χ0v) is 11.4. The molecule has 1 aromatic rings. The van der Waals surface area contributed by atoms with Crippen LogP contribution in [0.2, 0.25) is 0 Å². The van der Waals surface area contributed by atoms with Gasteiger partial charge in [-0.25, -0.2) is 4.39 Å². The summed E-state index contributed by atoms with van der Waals surface area (Å²) < 4.78 is 23.5. The number of ether oxygens (including phenoxy) is 2. The van der Waals surface area contributed by atoms with Crippen molar-refractivity contribution in [2.75, 3.05) is 19.8 Å². The van der Waals surface area contributed by atoms with Crippen LogP contribution in [0.25, 0.3) is 0 Å². The van der Waals surface area contributed by atoms with Crippen LogP contribution in [0.4, 0.5) is 4.39 Å². The predicted octanol–water partition coefficient (Wildman–Crippen LogP) is 0.215. The maximum absolute atomic E-state index is 12.8. The fraction of sp³-hybridized carbons (Fsp3) is 0.429. The second-order valence-electron chi connectivity index (χ2n) is 4.77. The van der Waals surface area contributed by atoms with E-state index in [9.17, 15) is 14.0 Å². The molecule has 2 atom stereocenters. The summed E-state index contributed by atoms with van der Waals surface area (Å²) in [6, 6.07) is 4.85. The molecule has 6 nitrogen and oxygen atoms in total. The van der Waals surface area contributed by atoms with E-state index < -0.39 is 11.7 Å². The lowest BCUT2D eigenvalue weighted by Crippen LogP contribution is -2.51. The first-order chi connectivity index (χ1) is 10.1. The third-order valence-corrected chi connectivity index (χ3v) is 3.16. The minimum atomic E-state index is -0.565. The molecule has 1 aliphatic heterocycles. The normalized spacial score (nSPS) is 21.8. The second kappa shape index (κ2) is 7.14. The fourth-order valence-corrected chi connectivity index (χ4v) is 2.09. The number of hydrogen-bond acceptors (Lipinski definition) is 4. The summed E-state index contributed by atoms with van der Waals surface area (Å²) in [5, 5.41) is 2.76. The van der Waals surface area contributed by atoms with E-state index in [1.807, 2.05) is 0 Å². The first kappa shape index (κ1) is 15.4. The smallest absolute Gasteiger partial charge is 0.251 e. The summed E-state index contributed by atoms with van der Waals surface area (Å²) in [6.07, 6.45) is 0.220. The largest absolute Gasteiger partial charge is 0.379 e. The molecule has 114 valence electrons. The molecule has 2 rings (SSSR count). The highest BCUT2D eigenvalue weighted by molar-refractivity contribution is 5.94. The van der Waals surface area contributed by atoms with Gasteiger partial charge in [0.05, 0.1) is 18.8 Å². The quantitative estimate of drug-likeness (QED) is 0.813. The van der Waals surface area contributed by atoms with Crippen molar-refractivity contribution in [1.29, 1.82) is 0 Å². The molecule has 0 radical (unpaired) electrons. The van der Waals surface area contributed by atoms with Crippen LogP contribution >= 0.6 is 0 Å². The number of primary amides is 1. The van der Waals surface area contributed by atoms with E-state index in [4.69, 9.17) is 15.2 Å². The number of nitrogens with one attached hydrogen (secondary N) is 1. The van der Waals surface area contributed by atoms with E-state index >= 15 is 0 Å². The van der Waals surface area contributed by atoms with Crippen LogP contribution in [-0.4, -0.2) is 43.8 Å². The van der Waals surface area contributed by atoms with E-state index in [1.54, 1.807) is 0 Å². The number of rotatable bonds is 5. The van der Waals surface area contributed by atoms with Gasteiger partial charge in [0.25, 0.3) is 5.91 Å². The molecule has 1 fully saturated rings. The van der Waals surface area contributed by atoms with Crippen molar-refractivity contribution < 1.29 is 23.5 Å². The Morgan fingerprint density at radius 3 is 2.76 bits per heavy atom. The Hall–Kier alpha value is -1.99. The monoisotopic (exact) mass is 296 g/mol. The van der Waals surface area contributed by atoms with E-state index in [1.165, 1.54) is 24.3 Å². The van der Waals surface area contributed by atoms with Gasteiger partial charge < -0.3 is 20.5 Å². The maximum atomic E-state index is 12.8. The number of nitrogens with two attached hydrogens (primary N) is 1.